The summed E-state index contributed by atoms with van der Waals surface area (Å²) in [5, 5.41) is 0. The number of anilines is 1. The molecule has 1 atom stereocenters. The second-order valence-electron chi connectivity index (χ2n) is 4.21. The van der Waals surface area contributed by atoms with E-state index in [0.717, 1.165) is 11.3 Å². The standard InChI is InChI=1S/C12H13N3O/c1-14-7-9-6-13-8-15(9)11-5-3-2-4-10(11)12(14)16/h2-6,9H,7-8H2,1H3. The van der Waals surface area contributed by atoms with Gasteiger partial charge >= 0.3 is 0 Å². The van der Waals surface area contributed by atoms with E-state index in [-0.39, 0.29) is 11.9 Å². The minimum atomic E-state index is 0.0957. The molecule has 2 heterocycles. The van der Waals surface area contributed by atoms with Crippen LogP contribution in [0.5, 0.6) is 0 Å². The molecule has 2 aliphatic heterocycles. The van der Waals surface area contributed by atoms with Crippen LogP contribution in [-0.4, -0.2) is 43.3 Å². The summed E-state index contributed by atoms with van der Waals surface area (Å²) in [6, 6.07) is 7.97. The normalized spacial score (nSPS) is 23.1. The molecule has 3 rings (SSSR count). The van der Waals surface area contributed by atoms with Gasteiger partial charge in [-0.3, -0.25) is 9.79 Å². The van der Waals surface area contributed by atoms with Crippen LogP contribution in [0.4, 0.5) is 5.69 Å². The van der Waals surface area contributed by atoms with E-state index in [2.05, 4.69) is 9.89 Å². The highest BCUT2D eigenvalue weighted by molar-refractivity contribution is 6.01. The largest absolute Gasteiger partial charge is 0.342 e. The minimum absolute atomic E-state index is 0.0957. The number of hydrogen-bond acceptors (Lipinski definition) is 3. The van der Waals surface area contributed by atoms with Gasteiger partial charge in [-0.2, -0.15) is 0 Å². The number of para-hydroxylation sites is 1. The summed E-state index contributed by atoms with van der Waals surface area (Å²) in [6.07, 6.45) is 1.94. The zero-order chi connectivity index (χ0) is 11.1. The molecule has 1 amide bonds. The lowest BCUT2D eigenvalue weighted by Crippen LogP contribution is -2.39. The lowest BCUT2D eigenvalue weighted by atomic mass is 10.1. The van der Waals surface area contributed by atoms with Gasteiger partial charge in [-0.1, -0.05) is 12.1 Å². The van der Waals surface area contributed by atoms with Crippen molar-refractivity contribution in [2.75, 3.05) is 25.2 Å². The molecule has 0 aromatic heterocycles. The van der Waals surface area contributed by atoms with E-state index >= 15 is 0 Å². The third kappa shape index (κ3) is 1.23. The predicted molar refractivity (Wildman–Crippen MR) is 63.0 cm³/mol. The van der Waals surface area contributed by atoms with Crippen molar-refractivity contribution in [3.8, 4) is 0 Å². The van der Waals surface area contributed by atoms with Crippen LogP contribution in [0.25, 0.3) is 0 Å². The SMILES string of the molecule is CN1CC2C=NCN2c2ccccc2C1=O. The highest BCUT2D eigenvalue weighted by Gasteiger charge is 2.31. The molecule has 0 N–H and O–H groups in total. The lowest BCUT2D eigenvalue weighted by Gasteiger charge is -2.24. The molecule has 0 bridgehead atoms. The van der Waals surface area contributed by atoms with E-state index in [0.29, 0.717) is 13.2 Å². The molecule has 4 nitrogen and oxygen atoms in total. The number of benzene rings is 1. The number of hydrogen-bond donors (Lipinski definition) is 0. The Morgan fingerprint density at radius 1 is 1.38 bits per heavy atom. The molecule has 2 aliphatic rings. The first-order chi connectivity index (χ1) is 7.77. The molecule has 16 heavy (non-hydrogen) atoms. The van der Waals surface area contributed by atoms with Gasteiger partial charge in [0.15, 0.2) is 0 Å². The van der Waals surface area contributed by atoms with Gasteiger partial charge in [0.1, 0.15) is 6.67 Å². The van der Waals surface area contributed by atoms with Crippen LogP contribution in [0.1, 0.15) is 10.4 Å². The number of aliphatic imine (C=N–C) groups is 1. The molecule has 0 radical (unpaired) electrons. The molecular formula is C12H13N3O. The maximum absolute atomic E-state index is 12.1. The Hall–Kier alpha value is -1.84. The maximum atomic E-state index is 12.1. The molecule has 1 unspecified atom stereocenters. The van der Waals surface area contributed by atoms with Crippen molar-refractivity contribution in [3.05, 3.63) is 29.8 Å². The van der Waals surface area contributed by atoms with Gasteiger partial charge in [0.2, 0.25) is 0 Å². The van der Waals surface area contributed by atoms with Crippen molar-refractivity contribution in [1.29, 1.82) is 0 Å². The molecule has 4 heteroatoms. The summed E-state index contributed by atoms with van der Waals surface area (Å²) in [5.41, 5.74) is 1.78. The van der Waals surface area contributed by atoms with Crippen molar-refractivity contribution in [2.45, 2.75) is 6.04 Å². The van der Waals surface area contributed by atoms with Crippen molar-refractivity contribution in [3.63, 3.8) is 0 Å². The third-order valence-corrected chi connectivity index (χ3v) is 3.16. The maximum Gasteiger partial charge on any atom is 0.255 e. The van der Waals surface area contributed by atoms with Gasteiger partial charge in [0.05, 0.1) is 17.3 Å². The molecule has 0 aliphatic carbocycles. The van der Waals surface area contributed by atoms with Gasteiger partial charge in [-0.15, -0.1) is 0 Å². The van der Waals surface area contributed by atoms with E-state index in [1.807, 2.05) is 37.5 Å². The molecule has 0 saturated carbocycles. The van der Waals surface area contributed by atoms with E-state index in [1.165, 1.54) is 0 Å². The second-order valence-corrected chi connectivity index (χ2v) is 4.21. The summed E-state index contributed by atoms with van der Waals surface area (Å²) in [4.78, 5) is 20.4. The van der Waals surface area contributed by atoms with Gasteiger partial charge in [-0.05, 0) is 12.1 Å². The first-order valence-corrected chi connectivity index (χ1v) is 5.38. The van der Waals surface area contributed by atoms with Crippen LogP contribution in [0.3, 0.4) is 0 Å². The zero-order valence-electron chi connectivity index (χ0n) is 9.13. The highest BCUT2D eigenvalue weighted by atomic mass is 16.2. The van der Waals surface area contributed by atoms with Crippen LogP contribution < -0.4 is 4.90 Å². The quantitative estimate of drug-likeness (QED) is 0.647. The first-order valence-electron chi connectivity index (χ1n) is 5.38. The van der Waals surface area contributed by atoms with Crippen LogP contribution in [0.15, 0.2) is 29.3 Å². The fourth-order valence-electron chi connectivity index (χ4n) is 2.32. The molecule has 0 saturated heterocycles. The van der Waals surface area contributed by atoms with Crippen LogP contribution in [0.2, 0.25) is 0 Å². The smallest absolute Gasteiger partial charge is 0.255 e. The van der Waals surface area contributed by atoms with Crippen LogP contribution in [-0.2, 0) is 0 Å². The summed E-state index contributed by atoms with van der Waals surface area (Å²) in [7, 11) is 1.84. The van der Waals surface area contributed by atoms with Crippen molar-refractivity contribution in [2.24, 2.45) is 4.99 Å². The van der Waals surface area contributed by atoms with E-state index < -0.39 is 0 Å². The average molecular weight is 215 g/mol. The number of carbonyl (C=O) groups excluding carboxylic acids is 1. The Morgan fingerprint density at radius 3 is 3.06 bits per heavy atom. The van der Waals surface area contributed by atoms with Gasteiger partial charge < -0.3 is 9.80 Å². The Labute approximate surface area is 94.2 Å². The van der Waals surface area contributed by atoms with E-state index in [9.17, 15) is 4.79 Å². The molecule has 82 valence electrons. The molecular weight excluding hydrogens is 202 g/mol. The third-order valence-electron chi connectivity index (χ3n) is 3.16. The number of rotatable bonds is 0. The van der Waals surface area contributed by atoms with Gasteiger partial charge in [0.25, 0.3) is 5.91 Å². The topological polar surface area (TPSA) is 35.9 Å². The minimum Gasteiger partial charge on any atom is -0.342 e. The number of likely N-dealkylation sites (N-methyl/N-ethyl adjacent to an activating group) is 1. The van der Waals surface area contributed by atoms with E-state index in [4.69, 9.17) is 0 Å². The number of nitrogens with zero attached hydrogens (tertiary/aromatic N) is 3. The van der Waals surface area contributed by atoms with Gasteiger partial charge in [0, 0.05) is 19.8 Å². The van der Waals surface area contributed by atoms with Crippen LogP contribution >= 0.6 is 0 Å². The van der Waals surface area contributed by atoms with Crippen molar-refractivity contribution >= 4 is 17.8 Å². The van der Waals surface area contributed by atoms with Crippen LogP contribution in [0, 0.1) is 0 Å². The van der Waals surface area contributed by atoms with E-state index in [1.54, 1.807) is 4.90 Å². The number of amides is 1. The summed E-state index contributed by atoms with van der Waals surface area (Å²) < 4.78 is 0. The summed E-state index contributed by atoms with van der Waals surface area (Å²) in [6.45, 7) is 1.36. The number of fused-ring (bicyclic) bond motifs is 3. The van der Waals surface area contributed by atoms with Crippen molar-refractivity contribution in [1.82, 2.24) is 4.90 Å². The second kappa shape index (κ2) is 3.33. The molecule has 1 aromatic carbocycles. The molecule has 0 fully saturated rings. The Morgan fingerprint density at radius 2 is 2.19 bits per heavy atom. The van der Waals surface area contributed by atoms with Gasteiger partial charge in [-0.25, -0.2) is 0 Å². The highest BCUT2D eigenvalue weighted by Crippen LogP contribution is 2.28. The average Bonchev–Trinajstić information content (AvgIpc) is 2.72. The lowest BCUT2D eigenvalue weighted by molar-refractivity contribution is 0.0801. The first kappa shape index (κ1) is 9.39. The monoisotopic (exact) mass is 215 g/mol. The fraction of sp³-hybridized carbons (Fsp3) is 0.333. The fourth-order valence-corrected chi connectivity index (χ4v) is 2.32. The summed E-state index contributed by atoms with van der Waals surface area (Å²) in [5.74, 6) is 0.0957. The molecule has 0 spiro atoms. The number of carbonyl (C=O) groups is 1. The Kier molecular flexibility index (Phi) is 1.96. The zero-order valence-corrected chi connectivity index (χ0v) is 9.13. The molecule has 1 aromatic rings. The Bertz CT molecular complexity index is 469. The summed E-state index contributed by atoms with van der Waals surface area (Å²) >= 11 is 0. The van der Waals surface area contributed by atoms with Crippen molar-refractivity contribution < 1.29 is 4.79 Å². The Balaban J connectivity index is 2.15. The predicted octanol–water partition coefficient (Wildman–Crippen LogP) is 0.989.